The minimum atomic E-state index is -0.607. The van der Waals surface area contributed by atoms with Gasteiger partial charge in [0, 0.05) is 0 Å². The van der Waals surface area contributed by atoms with E-state index in [0.717, 1.165) is 0 Å². The van der Waals surface area contributed by atoms with Crippen molar-refractivity contribution in [2.75, 3.05) is 12.3 Å². The van der Waals surface area contributed by atoms with Gasteiger partial charge in [-0.3, -0.25) is 0 Å². The number of carbonyl (C=O) groups is 1. The lowest BCUT2D eigenvalue weighted by Gasteiger charge is -2.04. The SMILES string of the molecule is CCOC(=O)c1noc(N)c1-c1ccc(Cl)c(Cl)c1. The topological polar surface area (TPSA) is 78.3 Å². The van der Waals surface area contributed by atoms with Crippen LogP contribution >= 0.6 is 23.2 Å². The zero-order valence-electron chi connectivity index (χ0n) is 9.94. The quantitative estimate of drug-likeness (QED) is 0.879. The van der Waals surface area contributed by atoms with Gasteiger partial charge >= 0.3 is 5.97 Å². The van der Waals surface area contributed by atoms with Crippen LogP contribution < -0.4 is 5.73 Å². The number of halogens is 2. The number of nitrogen functional groups attached to an aromatic ring is 1. The Morgan fingerprint density at radius 2 is 2.16 bits per heavy atom. The van der Waals surface area contributed by atoms with Crippen molar-refractivity contribution in [3.8, 4) is 11.1 Å². The van der Waals surface area contributed by atoms with Gasteiger partial charge in [-0.15, -0.1) is 0 Å². The molecule has 0 saturated heterocycles. The van der Waals surface area contributed by atoms with Crippen LogP contribution in [0.2, 0.25) is 10.0 Å². The first-order chi connectivity index (χ1) is 9.04. The molecule has 0 amide bonds. The van der Waals surface area contributed by atoms with Crippen molar-refractivity contribution >= 4 is 35.1 Å². The van der Waals surface area contributed by atoms with Crippen molar-refractivity contribution in [1.82, 2.24) is 5.16 Å². The maximum Gasteiger partial charge on any atom is 0.361 e. The Kier molecular flexibility index (Phi) is 3.97. The molecule has 1 aromatic heterocycles. The van der Waals surface area contributed by atoms with E-state index in [4.69, 9.17) is 38.2 Å². The molecule has 2 N–H and O–H groups in total. The van der Waals surface area contributed by atoms with Gasteiger partial charge < -0.3 is 15.0 Å². The molecule has 0 radical (unpaired) electrons. The number of hydrogen-bond donors (Lipinski definition) is 1. The van der Waals surface area contributed by atoms with E-state index in [-0.39, 0.29) is 18.2 Å². The van der Waals surface area contributed by atoms with Crippen molar-refractivity contribution < 1.29 is 14.1 Å². The number of esters is 1. The molecule has 5 nitrogen and oxygen atoms in total. The van der Waals surface area contributed by atoms with Gasteiger partial charge in [-0.1, -0.05) is 34.4 Å². The smallest absolute Gasteiger partial charge is 0.361 e. The minimum Gasteiger partial charge on any atom is -0.461 e. The number of carbonyl (C=O) groups excluding carboxylic acids is 1. The highest BCUT2D eigenvalue weighted by atomic mass is 35.5. The Morgan fingerprint density at radius 3 is 2.79 bits per heavy atom. The van der Waals surface area contributed by atoms with Crippen molar-refractivity contribution in [3.63, 3.8) is 0 Å². The summed E-state index contributed by atoms with van der Waals surface area (Å²) < 4.78 is 9.72. The molecule has 1 aromatic carbocycles. The summed E-state index contributed by atoms with van der Waals surface area (Å²) in [5.41, 5.74) is 6.62. The van der Waals surface area contributed by atoms with Gasteiger partial charge in [0.2, 0.25) is 11.6 Å². The molecular weight excluding hydrogens is 291 g/mol. The van der Waals surface area contributed by atoms with Crippen molar-refractivity contribution in [3.05, 3.63) is 33.9 Å². The minimum absolute atomic E-state index is 0.0118. The van der Waals surface area contributed by atoms with Gasteiger partial charge in [0.25, 0.3) is 0 Å². The second kappa shape index (κ2) is 5.50. The van der Waals surface area contributed by atoms with E-state index < -0.39 is 5.97 Å². The van der Waals surface area contributed by atoms with E-state index >= 15 is 0 Å². The highest BCUT2D eigenvalue weighted by Crippen LogP contribution is 2.34. The maximum absolute atomic E-state index is 11.7. The number of nitrogens with two attached hydrogens (primary N) is 1. The van der Waals surface area contributed by atoms with Crippen molar-refractivity contribution in [2.45, 2.75) is 6.92 Å². The first-order valence-corrected chi connectivity index (χ1v) is 6.17. The van der Waals surface area contributed by atoms with Crippen LogP contribution in [0.5, 0.6) is 0 Å². The first kappa shape index (κ1) is 13.7. The lowest BCUT2D eigenvalue weighted by Crippen LogP contribution is -2.06. The number of ether oxygens (including phenoxy) is 1. The number of hydrogen-bond acceptors (Lipinski definition) is 5. The molecule has 0 unspecified atom stereocenters. The maximum atomic E-state index is 11.7. The Bertz CT molecular complexity index is 625. The third-order valence-electron chi connectivity index (χ3n) is 2.40. The number of nitrogens with zero attached hydrogens (tertiary/aromatic N) is 1. The number of benzene rings is 1. The molecular formula is C12H10Cl2N2O3. The van der Waals surface area contributed by atoms with Crippen LogP contribution in [0.1, 0.15) is 17.4 Å². The van der Waals surface area contributed by atoms with Crippen LogP contribution in [0.25, 0.3) is 11.1 Å². The van der Waals surface area contributed by atoms with E-state index in [9.17, 15) is 4.79 Å². The van der Waals surface area contributed by atoms with E-state index in [1.165, 1.54) is 0 Å². The fourth-order valence-electron chi connectivity index (χ4n) is 1.57. The number of anilines is 1. The molecule has 2 aromatic rings. The summed E-state index contributed by atoms with van der Waals surface area (Å²) in [4.78, 5) is 11.7. The van der Waals surface area contributed by atoms with Crippen LogP contribution in [0.3, 0.4) is 0 Å². The third kappa shape index (κ3) is 2.67. The van der Waals surface area contributed by atoms with Crippen LogP contribution in [0.15, 0.2) is 22.7 Å². The summed E-state index contributed by atoms with van der Waals surface area (Å²) in [7, 11) is 0. The summed E-state index contributed by atoms with van der Waals surface area (Å²) in [6, 6.07) is 4.84. The fourth-order valence-corrected chi connectivity index (χ4v) is 1.87. The summed E-state index contributed by atoms with van der Waals surface area (Å²) in [6.45, 7) is 1.92. The predicted octanol–water partition coefficient (Wildman–Crippen LogP) is 3.41. The Hall–Kier alpha value is -1.72. The first-order valence-electron chi connectivity index (χ1n) is 5.42. The summed E-state index contributed by atoms with van der Waals surface area (Å²) in [5.74, 6) is -0.592. The number of rotatable bonds is 3. The molecule has 0 atom stereocenters. The van der Waals surface area contributed by atoms with E-state index in [0.29, 0.717) is 21.2 Å². The van der Waals surface area contributed by atoms with Crippen LogP contribution in [0.4, 0.5) is 5.88 Å². The average Bonchev–Trinajstić information content (AvgIpc) is 2.75. The Morgan fingerprint density at radius 1 is 1.42 bits per heavy atom. The molecule has 0 aliphatic heterocycles. The highest BCUT2D eigenvalue weighted by molar-refractivity contribution is 6.42. The summed E-state index contributed by atoms with van der Waals surface area (Å²) in [5, 5.41) is 4.36. The van der Waals surface area contributed by atoms with Gasteiger partial charge in [-0.2, -0.15) is 0 Å². The van der Waals surface area contributed by atoms with E-state index in [1.807, 2.05) is 0 Å². The number of aromatic nitrogens is 1. The van der Waals surface area contributed by atoms with E-state index in [1.54, 1.807) is 25.1 Å². The van der Waals surface area contributed by atoms with Crippen LogP contribution in [-0.2, 0) is 4.74 Å². The highest BCUT2D eigenvalue weighted by Gasteiger charge is 2.23. The molecule has 0 fully saturated rings. The molecule has 0 spiro atoms. The lowest BCUT2D eigenvalue weighted by molar-refractivity contribution is 0.0515. The summed E-state index contributed by atoms with van der Waals surface area (Å²) >= 11 is 11.8. The zero-order chi connectivity index (χ0) is 14.0. The molecule has 0 aliphatic carbocycles. The molecule has 7 heteroatoms. The molecule has 19 heavy (non-hydrogen) atoms. The monoisotopic (exact) mass is 300 g/mol. The van der Waals surface area contributed by atoms with Crippen LogP contribution in [0, 0.1) is 0 Å². The Labute approximate surface area is 119 Å². The molecule has 0 aliphatic rings. The zero-order valence-corrected chi connectivity index (χ0v) is 11.5. The van der Waals surface area contributed by atoms with Gasteiger partial charge in [0.1, 0.15) is 0 Å². The van der Waals surface area contributed by atoms with Gasteiger partial charge in [-0.05, 0) is 24.6 Å². The normalized spacial score (nSPS) is 10.5. The molecule has 0 bridgehead atoms. The van der Waals surface area contributed by atoms with E-state index in [2.05, 4.69) is 5.16 Å². The second-order valence-corrected chi connectivity index (χ2v) is 4.43. The fraction of sp³-hybridized carbons (Fsp3) is 0.167. The van der Waals surface area contributed by atoms with Crippen molar-refractivity contribution in [2.24, 2.45) is 0 Å². The third-order valence-corrected chi connectivity index (χ3v) is 3.13. The van der Waals surface area contributed by atoms with Crippen molar-refractivity contribution in [1.29, 1.82) is 0 Å². The molecule has 2 rings (SSSR count). The Balaban J connectivity index is 2.52. The van der Waals surface area contributed by atoms with Gasteiger partial charge in [0.05, 0.1) is 22.2 Å². The molecule has 0 saturated carbocycles. The summed E-state index contributed by atoms with van der Waals surface area (Å²) in [6.07, 6.45) is 0. The molecule has 100 valence electrons. The van der Waals surface area contributed by atoms with Gasteiger partial charge in [-0.25, -0.2) is 4.79 Å². The molecule has 1 heterocycles. The lowest BCUT2D eigenvalue weighted by atomic mass is 10.1. The largest absolute Gasteiger partial charge is 0.461 e. The predicted molar refractivity (Wildman–Crippen MR) is 72.3 cm³/mol. The second-order valence-electron chi connectivity index (χ2n) is 3.62. The average molecular weight is 301 g/mol. The van der Waals surface area contributed by atoms with Gasteiger partial charge in [0.15, 0.2) is 0 Å². The van der Waals surface area contributed by atoms with Crippen LogP contribution in [-0.4, -0.2) is 17.7 Å². The standard InChI is InChI=1S/C12H10Cl2N2O3/c1-2-18-12(17)10-9(11(15)19-16-10)6-3-4-7(13)8(14)5-6/h3-5H,2,15H2,1H3.